The number of aromatic nitrogens is 4. The van der Waals surface area contributed by atoms with Gasteiger partial charge in [0, 0.05) is 23.0 Å². The van der Waals surface area contributed by atoms with Crippen LogP contribution in [0.4, 0.5) is 0 Å². The van der Waals surface area contributed by atoms with E-state index < -0.39 is 185 Å². The second-order valence-electron chi connectivity index (χ2n) is 21.2. The van der Waals surface area contributed by atoms with Gasteiger partial charge in [0.05, 0.1) is 66.3 Å². The summed E-state index contributed by atoms with van der Waals surface area (Å²) in [7, 11) is -6.28. The molecule has 0 saturated heterocycles. The third-order valence-corrected chi connectivity index (χ3v) is 18.2. The molecular weight excluding hydrogens is 989 g/mol. The molecule has 0 saturated carbocycles. The fourth-order valence-corrected chi connectivity index (χ4v) is 14.0. The van der Waals surface area contributed by atoms with Crippen molar-refractivity contribution in [2.45, 2.75) is 52.4 Å². The Morgan fingerprint density at radius 1 is 0.500 bits per heavy atom. The fourth-order valence-electron chi connectivity index (χ4n) is 10.4. The Morgan fingerprint density at radius 2 is 1.12 bits per heavy atom. The number of benzene rings is 10. The molecule has 0 N–H and O–H groups in total. The summed E-state index contributed by atoms with van der Waals surface area (Å²) >= 11 is 0. The lowest BCUT2D eigenvalue weighted by molar-refractivity contribution is -0.572. The van der Waals surface area contributed by atoms with E-state index in [-0.39, 0.29) is 38.8 Å². The number of fused-ring (bicyclic) bond motifs is 4. The van der Waals surface area contributed by atoms with Crippen molar-refractivity contribution < 1.29 is 42.2 Å². The van der Waals surface area contributed by atoms with Gasteiger partial charge in [-0.3, -0.25) is 13.7 Å². The summed E-state index contributed by atoms with van der Waals surface area (Å²) in [6.07, 6.45) is 5.28. The highest BCUT2D eigenvalue weighted by Crippen LogP contribution is 2.39. The van der Waals surface area contributed by atoms with E-state index in [4.69, 9.17) is 28.9 Å². The Morgan fingerprint density at radius 3 is 1.81 bits per heavy atom. The number of hydrogen-bond donors (Lipinski definition) is 0. The molecule has 13 aromatic rings. The van der Waals surface area contributed by atoms with Gasteiger partial charge in [0.25, 0.3) is 6.33 Å². The summed E-state index contributed by atoms with van der Waals surface area (Å²) in [6.45, 7) is 12.0. The van der Waals surface area contributed by atoms with Gasteiger partial charge < -0.3 is 4.74 Å². The molecule has 0 spiro atoms. The van der Waals surface area contributed by atoms with Crippen LogP contribution in [0.3, 0.4) is 0 Å². The summed E-state index contributed by atoms with van der Waals surface area (Å²) in [4.78, 5) is 4.84. The summed E-state index contributed by atoms with van der Waals surface area (Å²) < 4.78 is 237. The maximum atomic E-state index is 10.8. The molecular formula is C74H62N4OSi. The number of nitrogens with zero attached hydrogens (tertiary/aromatic N) is 4. The predicted molar refractivity (Wildman–Crippen MR) is 334 cm³/mol. The lowest BCUT2D eigenvalue weighted by Gasteiger charge is -2.35. The van der Waals surface area contributed by atoms with Gasteiger partial charge in [-0.25, -0.2) is 4.98 Å². The number of para-hydroxylation sites is 2. The molecule has 0 atom stereocenters. The topological polar surface area (TPSA) is 35.9 Å². The highest BCUT2D eigenvalue weighted by molar-refractivity contribution is 7.19. The molecule has 5 nitrogen and oxygen atoms in total. The molecule has 0 amide bonds. The molecule has 0 fully saturated rings. The van der Waals surface area contributed by atoms with Crippen molar-refractivity contribution in [2.24, 2.45) is 0 Å². The van der Waals surface area contributed by atoms with Crippen molar-refractivity contribution in [2.75, 3.05) is 0 Å². The van der Waals surface area contributed by atoms with E-state index >= 15 is 0 Å². The average Bonchev–Trinajstić information content (AvgIpc) is 0.843. The van der Waals surface area contributed by atoms with E-state index in [0.29, 0.717) is 28.6 Å². The third kappa shape index (κ3) is 8.92. The lowest BCUT2D eigenvalue weighted by atomic mass is 9.83. The highest BCUT2D eigenvalue weighted by Gasteiger charge is 2.41. The Labute approximate surface area is 504 Å². The Kier molecular flexibility index (Phi) is 7.58. The van der Waals surface area contributed by atoms with E-state index in [2.05, 4.69) is 37.7 Å². The van der Waals surface area contributed by atoms with Crippen LogP contribution in [0.1, 0.15) is 85.6 Å². The van der Waals surface area contributed by atoms with Crippen molar-refractivity contribution in [1.82, 2.24) is 14.1 Å². The van der Waals surface area contributed by atoms with Crippen LogP contribution < -0.4 is 30.1 Å². The van der Waals surface area contributed by atoms with Gasteiger partial charge in [-0.1, -0.05) is 241 Å². The van der Waals surface area contributed by atoms with Gasteiger partial charge in [-0.2, -0.15) is 0 Å². The SMILES string of the molecule is [2H]c1c([2H])c([2H])c(-c2ccc3c(c2)n(-c2cccc(Oc4ccc5c6ccccc6n(-c6cc(C(C)(C)C)ccn6)c5c4)c2)[c-][n+]3-c2c(-c3c([2H])c([2H])c([2H])c([Si](c4c([2H])c([2H])c([2H])c([2H])c4[2H])(c4c([2H])c([2H])c([2H])c([2H])c4[2H])c4c([2H])c([2H])c([2H])c([2H])c4[2H])c3[2H])cccc2C(C)(C)C)c([2H])c1[2H]. The largest absolute Gasteiger partial charge is 0.458 e. The molecule has 0 aliphatic heterocycles. The Balaban J connectivity index is 1.13. The zero-order valence-corrected chi connectivity index (χ0v) is 45.2. The average molecular weight is 1080 g/mol. The minimum Gasteiger partial charge on any atom is -0.458 e. The first-order valence-corrected chi connectivity index (χ1v) is 27.7. The zero-order chi connectivity index (χ0) is 75.5. The summed E-state index contributed by atoms with van der Waals surface area (Å²) in [6, 6.07) is 10.9. The Bertz CT molecular complexity index is 5610. The third-order valence-electron chi connectivity index (χ3n) is 14.2. The number of imidazole rings is 1. The van der Waals surface area contributed by atoms with Crippen LogP contribution in [0.25, 0.3) is 72.3 Å². The van der Waals surface area contributed by atoms with Gasteiger partial charge >= 0.3 is 0 Å². The number of rotatable bonds is 11. The van der Waals surface area contributed by atoms with Crippen molar-refractivity contribution in [3.05, 3.63) is 284 Å². The molecule has 13 rings (SSSR count). The second-order valence-corrected chi connectivity index (χ2v) is 24.7. The fraction of sp³-hybridized carbons (Fsp3) is 0.108. The molecule has 3 heterocycles. The predicted octanol–water partition coefficient (Wildman–Crippen LogP) is 15.3. The minimum atomic E-state index is -6.28. The van der Waals surface area contributed by atoms with Gasteiger partial charge in [0.15, 0.2) is 8.07 Å². The lowest BCUT2D eigenvalue weighted by Crippen LogP contribution is -2.74. The van der Waals surface area contributed by atoms with E-state index in [1.165, 1.54) is 12.1 Å². The normalized spacial score (nSPS) is 16.3. The van der Waals surface area contributed by atoms with E-state index in [9.17, 15) is 13.7 Å². The van der Waals surface area contributed by atoms with Crippen molar-refractivity contribution in [1.29, 1.82) is 0 Å². The molecule has 10 aromatic carbocycles. The molecule has 6 heteroatoms. The van der Waals surface area contributed by atoms with Crippen molar-refractivity contribution in [3.63, 3.8) is 0 Å². The number of pyridine rings is 1. The summed E-state index contributed by atoms with van der Waals surface area (Å²) in [5.74, 6) is 1.46. The zero-order valence-electron chi connectivity index (χ0n) is 68.2. The molecule has 3 aromatic heterocycles. The molecule has 0 unspecified atom stereocenters. The number of hydrogen-bond acceptors (Lipinski definition) is 2. The van der Waals surface area contributed by atoms with Crippen LogP contribution >= 0.6 is 0 Å². The highest BCUT2D eigenvalue weighted by atomic mass is 28.3. The summed E-state index contributed by atoms with van der Waals surface area (Å²) in [5, 5.41) is -2.01. The van der Waals surface area contributed by atoms with Crippen LogP contribution in [0.5, 0.6) is 11.5 Å². The molecule has 388 valence electrons. The maximum absolute atomic E-state index is 10.8. The van der Waals surface area contributed by atoms with Crippen molar-refractivity contribution >= 4 is 61.7 Å². The second kappa shape index (κ2) is 20.1. The van der Waals surface area contributed by atoms with Crippen LogP contribution in [0.2, 0.25) is 0 Å². The number of ether oxygens (including phenoxy) is 1. The quantitative estimate of drug-likeness (QED) is 0.0560. The van der Waals surface area contributed by atoms with Gasteiger partial charge in [0.2, 0.25) is 0 Å². The smallest absolute Gasteiger partial charge is 0.269 e. The molecule has 0 aliphatic rings. The molecule has 0 aliphatic carbocycles. The van der Waals surface area contributed by atoms with Gasteiger partial charge in [-0.15, -0.1) is 0 Å². The summed E-state index contributed by atoms with van der Waals surface area (Å²) in [5.41, 5.74) is 2.51. The first kappa shape index (κ1) is 30.1. The molecule has 0 radical (unpaired) electrons. The van der Waals surface area contributed by atoms with Crippen LogP contribution in [0, 0.1) is 6.33 Å². The van der Waals surface area contributed by atoms with Crippen LogP contribution in [0.15, 0.2) is 266 Å². The first-order valence-electron chi connectivity index (χ1n) is 37.7. The Hall–Kier alpha value is -9.36. The van der Waals surface area contributed by atoms with Crippen LogP contribution in [-0.2, 0) is 10.8 Å². The minimum absolute atomic E-state index is 0.103. The first-order chi connectivity index (χ1) is 48.9. The van der Waals surface area contributed by atoms with Crippen molar-refractivity contribution in [3.8, 4) is 50.9 Å². The van der Waals surface area contributed by atoms with E-state index in [1.807, 2.05) is 69.3 Å². The van der Waals surface area contributed by atoms with Gasteiger partial charge in [0.1, 0.15) is 17.3 Å². The van der Waals surface area contributed by atoms with Crippen LogP contribution in [-0.4, -0.2) is 22.2 Å². The van der Waals surface area contributed by atoms with E-state index in [1.54, 1.807) is 63.9 Å². The monoisotopic (exact) mass is 1070 g/mol. The van der Waals surface area contributed by atoms with E-state index in [0.717, 1.165) is 27.4 Å². The standard InChI is InChI=1S/C74H62N4OSi/c1-73(2,3)55-44-45-75-71(48-55)78-67-39-20-19-36-64(67)65-42-41-58(50-69(65)78)79-57-28-22-27-56(49-57)76-51-77(68-43-40-53(47-70(68)76)52-24-11-7-12-25-52)72-63(37-23-38-66(72)74(4,5)6)54-26-21-35-62(46-54)80(59-29-13-8-14-30-59,60-31-15-9-16-32-60)61-33-17-10-18-34-61/h7-50H,1-6H3/i7D,8D,9D,10D,11D,12D,13D,14D,15D,16D,17D,18D,21D,24D,25D,26D,29D,30D,31D,32D,33D,34D,35D,46D. The molecule has 80 heavy (non-hydrogen) atoms. The maximum Gasteiger partial charge on any atom is 0.269 e. The van der Waals surface area contributed by atoms with Gasteiger partial charge in [-0.05, 0) is 120 Å². The molecule has 0 bridgehead atoms.